The molecule has 0 fully saturated rings. The second-order valence-corrected chi connectivity index (χ2v) is 13.7. The lowest BCUT2D eigenvalue weighted by Crippen LogP contribution is -2.37. The Hall–Kier alpha value is -5.72. The average Bonchev–Trinajstić information content (AvgIpc) is 3.66. The molecule has 7 aromatic carbocycles. The first-order valence-corrected chi connectivity index (χ1v) is 17.4. The van der Waals surface area contributed by atoms with Crippen molar-refractivity contribution in [3.8, 4) is 44.5 Å². The van der Waals surface area contributed by atoms with Crippen LogP contribution in [0.15, 0.2) is 146 Å². The van der Waals surface area contributed by atoms with Gasteiger partial charge in [0.05, 0.1) is 0 Å². The molecule has 0 nitrogen and oxygen atoms in total. The Bertz CT molecular complexity index is 2800. The standard InChI is InChI=1S/C48H32/c1-3-13-29(14-4-1)43-38-19-9-10-20-39(38)44(30-15-5-2-6-16-30)48-42-28-26-34(37-23-12-24-41(46(37)42)47(43)48)33-25-27-40-32-18-8-7-17-31(32)35-21-11-22-36(33)45(35)40/h1-24H,25-28H2. The van der Waals surface area contributed by atoms with Crippen LogP contribution in [-0.4, -0.2) is 0 Å². The molecule has 0 radical (unpaired) electrons. The van der Waals surface area contributed by atoms with Gasteiger partial charge in [0, 0.05) is 0 Å². The van der Waals surface area contributed by atoms with Gasteiger partial charge in [0.2, 0.25) is 0 Å². The molecule has 4 aliphatic carbocycles. The van der Waals surface area contributed by atoms with Crippen LogP contribution in [0.2, 0.25) is 0 Å². The third kappa shape index (κ3) is 3.45. The van der Waals surface area contributed by atoms with Crippen molar-refractivity contribution in [2.75, 3.05) is 0 Å². The van der Waals surface area contributed by atoms with Gasteiger partial charge in [-0.15, -0.1) is 0 Å². The van der Waals surface area contributed by atoms with Crippen molar-refractivity contribution in [2.45, 2.75) is 25.7 Å². The topological polar surface area (TPSA) is 0 Å². The monoisotopic (exact) mass is 608 g/mol. The van der Waals surface area contributed by atoms with Crippen molar-refractivity contribution >= 4 is 33.1 Å². The highest BCUT2D eigenvalue weighted by atomic mass is 14.4. The van der Waals surface area contributed by atoms with E-state index in [4.69, 9.17) is 0 Å². The fourth-order valence-corrected chi connectivity index (χ4v) is 9.66. The second-order valence-electron chi connectivity index (χ2n) is 13.7. The van der Waals surface area contributed by atoms with Crippen molar-refractivity contribution < 1.29 is 0 Å². The molecule has 224 valence electrons. The molecule has 0 N–H and O–H groups in total. The van der Waals surface area contributed by atoms with Crippen molar-refractivity contribution in [2.24, 2.45) is 0 Å². The maximum absolute atomic E-state index is 2.42. The number of fused-ring (bicyclic) bond motifs is 7. The summed E-state index contributed by atoms with van der Waals surface area (Å²) < 4.78 is 0. The zero-order valence-electron chi connectivity index (χ0n) is 26.7. The molecular weight excluding hydrogens is 577 g/mol. The highest BCUT2D eigenvalue weighted by Gasteiger charge is 2.33. The highest BCUT2D eigenvalue weighted by molar-refractivity contribution is 6.18. The Kier molecular flexibility index (Phi) is 5.43. The summed E-state index contributed by atoms with van der Waals surface area (Å²) in [5.41, 5.74) is 20.0. The lowest BCUT2D eigenvalue weighted by atomic mass is 9.80. The Morgan fingerprint density at radius 3 is 1.38 bits per heavy atom. The Labute approximate surface area is 280 Å². The van der Waals surface area contributed by atoms with Gasteiger partial charge < -0.3 is 0 Å². The molecule has 0 spiro atoms. The second kappa shape index (κ2) is 9.89. The lowest BCUT2D eigenvalue weighted by molar-refractivity contribution is 1.01. The van der Waals surface area contributed by atoms with Crippen LogP contribution in [0.25, 0.3) is 77.6 Å². The Morgan fingerprint density at radius 2 is 0.729 bits per heavy atom. The van der Waals surface area contributed by atoms with Crippen LogP contribution >= 0.6 is 0 Å². The fourth-order valence-electron chi connectivity index (χ4n) is 9.66. The molecule has 4 aliphatic rings. The van der Waals surface area contributed by atoms with E-state index in [1.165, 1.54) is 92.9 Å². The van der Waals surface area contributed by atoms with E-state index in [-0.39, 0.29) is 0 Å². The zero-order chi connectivity index (χ0) is 31.3. The summed E-state index contributed by atoms with van der Waals surface area (Å²) in [5, 5.41) is 8.52. The molecule has 0 aliphatic heterocycles. The van der Waals surface area contributed by atoms with Crippen molar-refractivity contribution in [3.05, 3.63) is 178 Å². The first-order valence-electron chi connectivity index (χ1n) is 17.4. The molecule has 0 atom stereocenters. The predicted octanol–water partition coefficient (Wildman–Crippen LogP) is 9.12. The molecule has 48 heavy (non-hydrogen) atoms. The van der Waals surface area contributed by atoms with Gasteiger partial charge in [-0.25, -0.2) is 0 Å². The van der Waals surface area contributed by atoms with Gasteiger partial charge in [-0.3, -0.25) is 0 Å². The highest BCUT2D eigenvalue weighted by Crippen LogP contribution is 2.51. The van der Waals surface area contributed by atoms with Crippen LogP contribution in [0.1, 0.15) is 36.8 Å². The normalized spacial score (nSPS) is 15.0. The lowest BCUT2D eigenvalue weighted by Gasteiger charge is -2.23. The number of hydrogen-bond donors (Lipinski definition) is 0. The van der Waals surface area contributed by atoms with Gasteiger partial charge in [-0.2, -0.15) is 0 Å². The van der Waals surface area contributed by atoms with Crippen LogP contribution in [0.4, 0.5) is 0 Å². The van der Waals surface area contributed by atoms with E-state index in [2.05, 4.69) is 146 Å². The quantitative estimate of drug-likeness (QED) is 0.188. The molecule has 0 bridgehead atoms. The van der Waals surface area contributed by atoms with Crippen LogP contribution in [-0.2, 0) is 0 Å². The largest absolute Gasteiger partial charge is 0.0622 e. The summed E-state index contributed by atoms with van der Waals surface area (Å²) in [5.74, 6) is 0. The minimum atomic E-state index is 1.05. The van der Waals surface area contributed by atoms with Gasteiger partial charge in [0.15, 0.2) is 0 Å². The van der Waals surface area contributed by atoms with E-state index in [9.17, 15) is 0 Å². The van der Waals surface area contributed by atoms with Gasteiger partial charge in [0.25, 0.3) is 0 Å². The third-order valence-electron chi connectivity index (χ3n) is 11.5. The summed E-state index contributed by atoms with van der Waals surface area (Å²) in [4.78, 5) is 0. The van der Waals surface area contributed by atoms with Crippen molar-refractivity contribution in [1.29, 1.82) is 0 Å². The summed E-state index contributed by atoms with van der Waals surface area (Å²) in [7, 11) is 0. The van der Waals surface area contributed by atoms with E-state index in [0.29, 0.717) is 0 Å². The molecule has 7 aromatic rings. The molecule has 11 rings (SSSR count). The first-order chi connectivity index (χ1) is 23.9. The van der Waals surface area contributed by atoms with E-state index >= 15 is 0 Å². The maximum Gasteiger partial charge on any atom is -0.00108 e. The molecule has 0 heteroatoms. The number of rotatable bonds is 3. The Morgan fingerprint density at radius 1 is 0.271 bits per heavy atom. The van der Waals surface area contributed by atoms with Crippen LogP contribution < -0.4 is 20.9 Å². The summed E-state index contributed by atoms with van der Waals surface area (Å²) in [6.45, 7) is 0. The van der Waals surface area contributed by atoms with Crippen molar-refractivity contribution in [1.82, 2.24) is 0 Å². The van der Waals surface area contributed by atoms with Gasteiger partial charge >= 0.3 is 0 Å². The number of benzene rings is 7. The summed E-state index contributed by atoms with van der Waals surface area (Å²) in [6, 6.07) is 54.5. The Balaban J connectivity index is 1.29. The van der Waals surface area contributed by atoms with Gasteiger partial charge in [-0.05, 0) is 135 Å². The maximum atomic E-state index is 2.42. The predicted molar refractivity (Wildman–Crippen MR) is 201 cm³/mol. The third-order valence-corrected chi connectivity index (χ3v) is 11.5. The van der Waals surface area contributed by atoms with Crippen molar-refractivity contribution in [3.63, 3.8) is 0 Å². The SMILES string of the molecule is c1ccc(-c2c3c(c(-c4ccccc4)c4ccccc24)-c2cccc4c2=C3CCC=4C2=c3cccc4c3=C(CC2)c2ccccc2-4)cc1. The fraction of sp³-hybridized carbons (Fsp3) is 0.0833. The van der Waals surface area contributed by atoms with E-state index in [1.807, 2.05) is 0 Å². The first kappa shape index (κ1) is 26.4. The van der Waals surface area contributed by atoms with Gasteiger partial charge in [-0.1, -0.05) is 146 Å². The molecule has 0 unspecified atom stereocenters. The summed E-state index contributed by atoms with van der Waals surface area (Å²) >= 11 is 0. The average molecular weight is 609 g/mol. The molecule has 0 saturated carbocycles. The van der Waals surface area contributed by atoms with E-state index in [1.54, 1.807) is 16.7 Å². The van der Waals surface area contributed by atoms with Crippen LogP contribution in [0.3, 0.4) is 0 Å². The van der Waals surface area contributed by atoms with Crippen LogP contribution in [0.5, 0.6) is 0 Å². The smallest absolute Gasteiger partial charge is 0.00108 e. The van der Waals surface area contributed by atoms with E-state index < -0.39 is 0 Å². The zero-order valence-corrected chi connectivity index (χ0v) is 26.7. The molecule has 0 amide bonds. The molecule has 0 aromatic heterocycles. The minimum Gasteiger partial charge on any atom is -0.0622 e. The molecular formula is C48H32. The summed E-state index contributed by atoms with van der Waals surface area (Å²) in [6.07, 6.45) is 4.31. The molecule has 0 heterocycles. The van der Waals surface area contributed by atoms with E-state index in [0.717, 1.165) is 25.7 Å². The molecule has 0 saturated heterocycles. The minimum absolute atomic E-state index is 1.05. The van der Waals surface area contributed by atoms with Gasteiger partial charge in [0.1, 0.15) is 0 Å². The van der Waals surface area contributed by atoms with Crippen LogP contribution in [0, 0.1) is 0 Å². The number of hydrogen-bond acceptors (Lipinski definition) is 0.